The molecule has 1 aliphatic rings. The number of hydrogen-bond donors (Lipinski definition) is 0. The molecule has 0 N–H and O–H groups in total. The molecule has 0 spiro atoms. The first-order valence-electron chi connectivity index (χ1n) is 5.85. The molecule has 1 aliphatic heterocycles. The molecule has 0 fully saturated rings. The topological polar surface area (TPSA) is 21.6 Å². The van der Waals surface area contributed by atoms with Gasteiger partial charge >= 0.3 is 0 Å². The van der Waals surface area contributed by atoms with Gasteiger partial charge in [-0.15, -0.1) is 6.58 Å². The molecule has 0 saturated heterocycles. The van der Waals surface area contributed by atoms with Gasteiger partial charge in [0.25, 0.3) is 5.92 Å². The van der Waals surface area contributed by atoms with Gasteiger partial charge in [-0.05, 0) is 18.4 Å². The summed E-state index contributed by atoms with van der Waals surface area (Å²) in [7, 11) is 0. The summed E-state index contributed by atoms with van der Waals surface area (Å²) in [6, 6.07) is 0.145. The van der Waals surface area contributed by atoms with E-state index in [1.165, 1.54) is 13.1 Å². The lowest BCUT2D eigenvalue weighted by Gasteiger charge is -2.21. The van der Waals surface area contributed by atoms with Crippen LogP contribution in [0.2, 0.25) is 0 Å². The van der Waals surface area contributed by atoms with Crippen LogP contribution in [-0.4, -0.2) is 24.8 Å². The number of allylic oxidation sites excluding steroid dienone is 1. The molecule has 0 aromatic rings. The van der Waals surface area contributed by atoms with E-state index < -0.39 is 12.5 Å². The molecule has 0 aromatic carbocycles. The number of dihydropyridines is 1. The fourth-order valence-corrected chi connectivity index (χ4v) is 1.41. The maximum atomic E-state index is 13.0. The number of hydrogen-bond acceptors (Lipinski definition) is 2. The summed E-state index contributed by atoms with van der Waals surface area (Å²) in [5.74, 6) is -2.05. The van der Waals surface area contributed by atoms with Crippen LogP contribution in [0.3, 0.4) is 0 Å². The van der Waals surface area contributed by atoms with Gasteiger partial charge in [-0.25, -0.2) is 8.78 Å². The third kappa shape index (κ3) is 4.29. The molecule has 0 aromatic heterocycles. The maximum absolute atomic E-state index is 13.0. The van der Waals surface area contributed by atoms with Crippen LogP contribution in [0.25, 0.3) is 0 Å². The number of ether oxygens (including phenoxy) is 1. The SMILES string of the molecule is C=CC(C)C1CC=C(OCC(F)(F)CC)C=N1. The molecule has 17 heavy (non-hydrogen) atoms. The maximum Gasteiger partial charge on any atom is 0.281 e. The normalized spacial score (nSPS) is 21.9. The summed E-state index contributed by atoms with van der Waals surface area (Å²) in [6.07, 6.45) is 5.67. The quantitative estimate of drug-likeness (QED) is 0.653. The van der Waals surface area contributed by atoms with Gasteiger partial charge in [0.15, 0.2) is 6.61 Å². The van der Waals surface area contributed by atoms with Crippen molar-refractivity contribution >= 4 is 6.21 Å². The van der Waals surface area contributed by atoms with Gasteiger partial charge < -0.3 is 4.74 Å². The minimum Gasteiger partial charge on any atom is -0.486 e. The summed E-state index contributed by atoms with van der Waals surface area (Å²) in [4.78, 5) is 4.27. The summed E-state index contributed by atoms with van der Waals surface area (Å²) >= 11 is 0. The summed E-state index contributed by atoms with van der Waals surface area (Å²) in [5, 5.41) is 0. The van der Waals surface area contributed by atoms with Crippen LogP contribution in [-0.2, 0) is 4.74 Å². The molecular formula is C13H19F2NO. The van der Waals surface area contributed by atoms with Gasteiger partial charge in [0, 0.05) is 6.42 Å². The highest BCUT2D eigenvalue weighted by molar-refractivity contribution is 5.77. The van der Waals surface area contributed by atoms with Crippen LogP contribution in [0.4, 0.5) is 8.78 Å². The minimum absolute atomic E-state index is 0.145. The Hall–Kier alpha value is -1.19. The van der Waals surface area contributed by atoms with Crippen LogP contribution in [0.5, 0.6) is 0 Å². The number of alkyl halides is 2. The molecule has 2 unspecified atom stereocenters. The number of halogens is 2. The van der Waals surface area contributed by atoms with Crippen molar-refractivity contribution in [3.8, 4) is 0 Å². The Morgan fingerprint density at radius 1 is 1.71 bits per heavy atom. The number of rotatable bonds is 6. The van der Waals surface area contributed by atoms with Crippen LogP contribution in [0.1, 0.15) is 26.7 Å². The fraction of sp³-hybridized carbons (Fsp3) is 0.615. The summed E-state index contributed by atoms with van der Waals surface area (Å²) in [6.45, 7) is 6.60. The second-order valence-electron chi connectivity index (χ2n) is 4.28. The monoisotopic (exact) mass is 243 g/mol. The Morgan fingerprint density at radius 2 is 2.41 bits per heavy atom. The Balaban J connectivity index is 2.43. The molecule has 0 saturated carbocycles. The first kappa shape index (κ1) is 13.9. The van der Waals surface area contributed by atoms with Gasteiger partial charge in [-0.1, -0.05) is 19.9 Å². The lowest BCUT2D eigenvalue weighted by Crippen LogP contribution is -2.23. The lowest BCUT2D eigenvalue weighted by molar-refractivity contribution is -0.0594. The van der Waals surface area contributed by atoms with Crippen molar-refractivity contribution in [2.24, 2.45) is 10.9 Å². The van der Waals surface area contributed by atoms with Gasteiger partial charge in [-0.3, -0.25) is 4.99 Å². The zero-order chi connectivity index (χ0) is 12.9. The van der Waals surface area contributed by atoms with Crippen molar-refractivity contribution in [1.82, 2.24) is 0 Å². The second kappa shape index (κ2) is 5.94. The number of nitrogens with zero attached hydrogens (tertiary/aromatic N) is 1. The van der Waals surface area contributed by atoms with Crippen molar-refractivity contribution in [2.45, 2.75) is 38.7 Å². The molecule has 0 aliphatic carbocycles. The third-order valence-electron chi connectivity index (χ3n) is 2.90. The first-order valence-corrected chi connectivity index (χ1v) is 5.85. The highest BCUT2D eigenvalue weighted by Gasteiger charge is 2.27. The zero-order valence-electron chi connectivity index (χ0n) is 10.3. The molecule has 0 bridgehead atoms. The molecule has 1 heterocycles. The van der Waals surface area contributed by atoms with E-state index >= 15 is 0 Å². The molecule has 96 valence electrons. The van der Waals surface area contributed by atoms with E-state index in [0.717, 1.165) is 0 Å². The Bertz CT molecular complexity index is 323. The highest BCUT2D eigenvalue weighted by atomic mass is 19.3. The van der Waals surface area contributed by atoms with E-state index in [1.54, 1.807) is 0 Å². The summed E-state index contributed by atoms with van der Waals surface area (Å²) in [5.41, 5.74) is 0. The van der Waals surface area contributed by atoms with Gasteiger partial charge in [-0.2, -0.15) is 0 Å². The molecule has 4 heteroatoms. The summed E-state index contributed by atoms with van der Waals surface area (Å²) < 4.78 is 31.0. The van der Waals surface area contributed by atoms with E-state index in [9.17, 15) is 8.78 Å². The zero-order valence-corrected chi connectivity index (χ0v) is 10.3. The van der Waals surface area contributed by atoms with Crippen molar-refractivity contribution in [3.63, 3.8) is 0 Å². The predicted molar refractivity (Wildman–Crippen MR) is 65.5 cm³/mol. The van der Waals surface area contributed by atoms with Gasteiger partial charge in [0.2, 0.25) is 0 Å². The smallest absolute Gasteiger partial charge is 0.281 e. The Kier molecular flexibility index (Phi) is 4.85. The van der Waals surface area contributed by atoms with Crippen LogP contribution < -0.4 is 0 Å². The van der Waals surface area contributed by atoms with E-state index in [2.05, 4.69) is 11.6 Å². The molecule has 0 radical (unpaired) electrons. The number of aliphatic imine (C=N–C) groups is 1. The van der Waals surface area contributed by atoms with Crippen molar-refractivity contribution < 1.29 is 13.5 Å². The second-order valence-corrected chi connectivity index (χ2v) is 4.28. The van der Waals surface area contributed by atoms with E-state index in [-0.39, 0.29) is 18.4 Å². The van der Waals surface area contributed by atoms with Crippen molar-refractivity contribution in [2.75, 3.05) is 6.61 Å². The molecule has 2 nitrogen and oxygen atoms in total. The predicted octanol–water partition coefficient (Wildman–Crippen LogP) is 3.60. The fourth-order valence-electron chi connectivity index (χ4n) is 1.41. The largest absolute Gasteiger partial charge is 0.486 e. The molecule has 2 atom stereocenters. The minimum atomic E-state index is -2.76. The third-order valence-corrected chi connectivity index (χ3v) is 2.90. The van der Waals surface area contributed by atoms with E-state index in [1.807, 2.05) is 19.1 Å². The van der Waals surface area contributed by atoms with Crippen molar-refractivity contribution in [3.05, 3.63) is 24.5 Å². The van der Waals surface area contributed by atoms with E-state index in [0.29, 0.717) is 12.2 Å². The van der Waals surface area contributed by atoms with Gasteiger partial charge in [0.1, 0.15) is 5.76 Å². The van der Waals surface area contributed by atoms with Gasteiger partial charge in [0.05, 0.1) is 12.3 Å². The van der Waals surface area contributed by atoms with E-state index in [4.69, 9.17) is 4.74 Å². The van der Waals surface area contributed by atoms with Crippen LogP contribution in [0, 0.1) is 5.92 Å². The average Bonchev–Trinajstić information content (AvgIpc) is 2.36. The molecule has 0 amide bonds. The van der Waals surface area contributed by atoms with Crippen LogP contribution in [0.15, 0.2) is 29.5 Å². The lowest BCUT2D eigenvalue weighted by atomic mass is 9.98. The first-order chi connectivity index (χ1) is 7.98. The Morgan fingerprint density at radius 3 is 2.88 bits per heavy atom. The standard InChI is InChI=1S/C13H19F2NO/c1-4-10(3)12-7-6-11(8-16-12)17-9-13(14,15)5-2/h4,6,8,10,12H,1,5,7,9H2,2-3H3. The molecular weight excluding hydrogens is 224 g/mol. The Labute approximate surface area is 101 Å². The van der Waals surface area contributed by atoms with Crippen molar-refractivity contribution in [1.29, 1.82) is 0 Å². The highest BCUT2D eigenvalue weighted by Crippen LogP contribution is 2.22. The molecule has 1 rings (SSSR count). The van der Waals surface area contributed by atoms with Crippen LogP contribution >= 0.6 is 0 Å². The average molecular weight is 243 g/mol.